The van der Waals surface area contributed by atoms with Crippen LogP contribution in [0.2, 0.25) is 0 Å². The van der Waals surface area contributed by atoms with E-state index in [0.717, 1.165) is 25.1 Å². The maximum absolute atomic E-state index is 12.2. The van der Waals surface area contributed by atoms with Crippen LogP contribution in [0.3, 0.4) is 0 Å². The Balaban J connectivity index is 1.86. The number of hydrogen-bond donors (Lipinski definition) is 1. The Bertz CT molecular complexity index is 668. The van der Waals surface area contributed by atoms with Crippen LogP contribution in [0, 0.1) is 0 Å². The molecule has 2 aromatic rings. The normalized spacial score (nSPS) is 17.3. The highest BCUT2D eigenvalue weighted by molar-refractivity contribution is 6.18. The molecule has 23 heavy (non-hydrogen) atoms. The molecule has 3 rings (SSSR count). The van der Waals surface area contributed by atoms with E-state index in [1.807, 2.05) is 4.90 Å². The molecule has 2 aromatic heterocycles. The molecule has 0 aromatic carbocycles. The molecule has 0 saturated carbocycles. The van der Waals surface area contributed by atoms with Crippen LogP contribution in [-0.2, 0) is 4.79 Å². The Labute approximate surface area is 139 Å². The molecule has 1 atom stereocenters. The summed E-state index contributed by atoms with van der Waals surface area (Å²) in [5.74, 6) is 1.40. The van der Waals surface area contributed by atoms with Crippen LogP contribution in [0.1, 0.15) is 31.0 Å². The molecule has 1 unspecified atom stereocenters. The van der Waals surface area contributed by atoms with Crippen LogP contribution in [-0.4, -0.2) is 43.2 Å². The number of rotatable bonds is 5. The number of carbonyl (C=O) groups is 1. The summed E-state index contributed by atoms with van der Waals surface area (Å²) in [4.78, 5) is 31.1. The maximum atomic E-state index is 12.2. The summed E-state index contributed by atoms with van der Waals surface area (Å²) in [7, 11) is 0. The van der Waals surface area contributed by atoms with Gasteiger partial charge in [0, 0.05) is 43.6 Å². The fourth-order valence-corrected chi connectivity index (χ4v) is 2.89. The molecular formula is C15H17ClN6O. The molecule has 1 fully saturated rings. The van der Waals surface area contributed by atoms with Crippen molar-refractivity contribution in [2.75, 3.05) is 17.7 Å². The third-order valence-electron chi connectivity index (χ3n) is 3.72. The second kappa shape index (κ2) is 7.32. The number of alkyl halides is 1. The van der Waals surface area contributed by atoms with Crippen molar-refractivity contribution in [1.82, 2.24) is 24.8 Å². The van der Waals surface area contributed by atoms with E-state index in [2.05, 4.69) is 25.3 Å². The Morgan fingerprint density at radius 2 is 2.00 bits per heavy atom. The van der Waals surface area contributed by atoms with Crippen LogP contribution in [0.4, 0.5) is 11.8 Å². The number of nitrogens with one attached hydrogen (secondary N) is 1. The zero-order valence-electron chi connectivity index (χ0n) is 12.5. The molecule has 1 N–H and O–H groups in total. The van der Waals surface area contributed by atoms with Gasteiger partial charge in [0.2, 0.25) is 11.9 Å². The number of hydrogen-bond acceptors (Lipinski definition) is 6. The molecule has 120 valence electrons. The molecule has 7 nitrogen and oxygen atoms in total. The van der Waals surface area contributed by atoms with E-state index in [-0.39, 0.29) is 11.9 Å². The first kappa shape index (κ1) is 15.6. The zero-order chi connectivity index (χ0) is 16.1. The molecular weight excluding hydrogens is 316 g/mol. The van der Waals surface area contributed by atoms with Gasteiger partial charge in [0.05, 0.1) is 6.04 Å². The van der Waals surface area contributed by atoms with E-state index in [1.165, 1.54) is 0 Å². The van der Waals surface area contributed by atoms with Crippen molar-refractivity contribution in [3.05, 3.63) is 36.5 Å². The number of amides is 1. The summed E-state index contributed by atoms with van der Waals surface area (Å²) in [6.07, 6.45) is 8.68. The van der Waals surface area contributed by atoms with Crippen LogP contribution < -0.4 is 5.32 Å². The van der Waals surface area contributed by atoms with E-state index in [0.29, 0.717) is 24.1 Å². The molecule has 0 bridgehead atoms. The van der Waals surface area contributed by atoms with Gasteiger partial charge in [-0.05, 0) is 18.9 Å². The third-order valence-corrected chi connectivity index (χ3v) is 3.91. The molecule has 1 aliphatic rings. The fraction of sp³-hybridized carbons (Fsp3) is 0.400. The first-order valence-corrected chi connectivity index (χ1v) is 8.03. The van der Waals surface area contributed by atoms with Gasteiger partial charge in [-0.1, -0.05) is 0 Å². The quantitative estimate of drug-likeness (QED) is 0.846. The van der Waals surface area contributed by atoms with E-state index in [1.54, 1.807) is 30.9 Å². The Kier molecular flexibility index (Phi) is 4.97. The smallest absolute Gasteiger partial charge is 0.228 e. The van der Waals surface area contributed by atoms with Gasteiger partial charge in [-0.3, -0.25) is 9.78 Å². The van der Waals surface area contributed by atoms with Gasteiger partial charge in [-0.25, -0.2) is 15.0 Å². The van der Waals surface area contributed by atoms with Crippen molar-refractivity contribution in [1.29, 1.82) is 0 Å². The summed E-state index contributed by atoms with van der Waals surface area (Å²) in [5, 5.41) is 3.08. The number of nitrogens with zero attached hydrogens (tertiary/aromatic N) is 5. The first-order chi connectivity index (χ1) is 11.3. The Morgan fingerprint density at radius 1 is 1.22 bits per heavy atom. The monoisotopic (exact) mass is 332 g/mol. The van der Waals surface area contributed by atoms with Gasteiger partial charge < -0.3 is 10.2 Å². The second-order valence-corrected chi connectivity index (χ2v) is 5.55. The lowest BCUT2D eigenvalue weighted by Gasteiger charge is -2.25. The first-order valence-electron chi connectivity index (χ1n) is 7.50. The van der Waals surface area contributed by atoms with Gasteiger partial charge in [0.15, 0.2) is 5.82 Å². The minimum Gasteiger partial charge on any atom is -0.334 e. The molecule has 8 heteroatoms. The number of likely N-dealkylation sites (tertiary alicyclic amines) is 1. The second-order valence-electron chi connectivity index (χ2n) is 5.17. The van der Waals surface area contributed by atoms with Gasteiger partial charge in [-0.15, -0.1) is 11.6 Å². The minimum atomic E-state index is -0.0920. The highest BCUT2D eigenvalue weighted by Crippen LogP contribution is 2.34. The van der Waals surface area contributed by atoms with E-state index in [4.69, 9.17) is 11.6 Å². The molecule has 3 heterocycles. The fourth-order valence-electron chi connectivity index (χ4n) is 2.73. The summed E-state index contributed by atoms with van der Waals surface area (Å²) >= 11 is 5.70. The minimum absolute atomic E-state index is 0.0510. The summed E-state index contributed by atoms with van der Waals surface area (Å²) in [6.45, 7) is 0.720. The number of anilines is 2. The summed E-state index contributed by atoms with van der Waals surface area (Å²) in [5.41, 5.74) is 0.736. The van der Waals surface area contributed by atoms with Crippen LogP contribution >= 0.6 is 11.6 Å². The molecule has 0 radical (unpaired) electrons. The zero-order valence-corrected chi connectivity index (χ0v) is 13.3. The molecule has 1 aliphatic heterocycles. The lowest BCUT2D eigenvalue weighted by molar-refractivity contribution is -0.131. The van der Waals surface area contributed by atoms with Gasteiger partial charge in [-0.2, -0.15) is 0 Å². The SMILES string of the molecule is O=C(CCCl)N1CCCC1c1nccnc1Nc1ncccn1. The molecule has 0 spiro atoms. The number of aromatic nitrogens is 4. The predicted molar refractivity (Wildman–Crippen MR) is 86.4 cm³/mol. The van der Waals surface area contributed by atoms with Crippen LogP contribution in [0.25, 0.3) is 0 Å². The lowest BCUT2D eigenvalue weighted by atomic mass is 10.1. The standard InChI is InChI=1S/C15H17ClN6O/c16-5-4-12(23)22-10-1-3-11(22)13-14(18-9-8-17-13)21-15-19-6-2-7-20-15/h2,6-9,11H,1,3-5,10H2,(H,18,19,20,21). The molecule has 1 saturated heterocycles. The van der Waals surface area contributed by atoms with Crippen LogP contribution in [0.15, 0.2) is 30.9 Å². The van der Waals surface area contributed by atoms with Crippen molar-refractivity contribution >= 4 is 29.3 Å². The van der Waals surface area contributed by atoms with Gasteiger partial charge in [0.1, 0.15) is 5.69 Å². The van der Waals surface area contributed by atoms with E-state index in [9.17, 15) is 4.79 Å². The Morgan fingerprint density at radius 3 is 2.78 bits per heavy atom. The van der Waals surface area contributed by atoms with E-state index < -0.39 is 0 Å². The molecule has 0 aliphatic carbocycles. The maximum Gasteiger partial charge on any atom is 0.228 e. The van der Waals surface area contributed by atoms with Gasteiger partial charge in [0.25, 0.3) is 0 Å². The predicted octanol–water partition coefficient (Wildman–Crippen LogP) is 2.30. The summed E-state index contributed by atoms with van der Waals surface area (Å²) < 4.78 is 0. The van der Waals surface area contributed by atoms with Crippen molar-refractivity contribution < 1.29 is 4.79 Å². The Hall–Kier alpha value is -2.28. The van der Waals surface area contributed by atoms with E-state index >= 15 is 0 Å². The average Bonchev–Trinajstić information content (AvgIpc) is 3.06. The lowest BCUT2D eigenvalue weighted by Crippen LogP contribution is -2.31. The van der Waals surface area contributed by atoms with Crippen molar-refractivity contribution in [2.24, 2.45) is 0 Å². The average molecular weight is 333 g/mol. The molecule has 1 amide bonds. The van der Waals surface area contributed by atoms with Gasteiger partial charge >= 0.3 is 0 Å². The number of carbonyl (C=O) groups excluding carboxylic acids is 1. The largest absolute Gasteiger partial charge is 0.334 e. The number of halogens is 1. The van der Waals surface area contributed by atoms with Crippen molar-refractivity contribution in [3.8, 4) is 0 Å². The van der Waals surface area contributed by atoms with Crippen molar-refractivity contribution in [2.45, 2.75) is 25.3 Å². The summed E-state index contributed by atoms with van der Waals surface area (Å²) in [6, 6.07) is 1.65. The topological polar surface area (TPSA) is 83.9 Å². The third kappa shape index (κ3) is 3.56. The highest BCUT2D eigenvalue weighted by Gasteiger charge is 2.32. The van der Waals surface area contributed by atoms with Crippen LogP contribution in [0.5, 0.6) is 0 Å². The van der Waals surface area contributed by atoms with Crippen molar-refractivity contribution in [3.63, 3.8) is 0 Å². The highest BCUT2D eigenvalue weighted by atomic mass is 35.5.